The van der Waals surface area contributed by atoms with Crippen LogP contribution >= 0.6 is 15.9 Å². The zero-order valence-corrected chi connectivity index (χ0v) is 9.11. The third-order valence-corrected chi connectivity index (χ3v) is 2.71. The van der Waals surface area contributed by atoms with Gasteiger partial charge >= 0.3 is 0 Å². The van der Waals surface area contributed by atoms with E-state index in [2.05, 4.69) is 20.9 Å². The number of hydrogen-bond acceptors (Lipinski definition) is 2. The van der Waals surface area contributed by atoms with Crippen molar-refractivity contribution in [3.8, 4) is 0 Å². The van der Waals surface area contributed by atoms with Crippen molar-refractivity contribution in [3.63, 3.8) is 0 Å². The highest BCUT2D eigenvalue weighted by molar-refractivity contribution is 9.10. The molecule has 2 N–H and O–H groups in total. The summed E-state index contributed by atoms with van der Waals surface area (Å²) < 4.78 is 2.94. The predicted molar refractivity (Wildman–Crippen MR) is 59.9 cm³/mol. The SMILES string of the molecule is Nc1cc(Cn2ccnc2)ccc1Br. The van der Waals surface area contributed by atoms with Crippen LogP contribution in [0.4, 0.5) is 5.69 Å². The molecule has 1 aromatic carbocycles. The molecule has 14 heavy (non-hydrogen) atoms. The van der Waals surface area contributed by atoms with Gasteiger partial charge in [0.15, 0.2) is 0 Å². The second-order valence-electron chi connectivity index (χ2n) is 3.09. The number of hydrogen-bond donors (Lipinski definition) is 1. The van der Waals surface area contributed by atoms with Crippen LogP contribution in [0.5, 0.6) is 0 Å². The largest absolute Gasteiger partial charge is 0.398 e. The molecule has 0 bridgehead atoms. The Morgan fingerprint density at radius 2 is 2.29 bits per heavy atom. The molecule has 0 saturated heterocycles. The number of rotatable bonds is 2. The molecule has 1 aromatic heterocycles. The monoisotopic (exact) mass is 251 g/mol. The fraction of sp³-hybridized carbons (Fsp3) is 0.100. The van der Waals surface area contributed by atoms with Crippen molar-refractivity contribution in [2.75, 3.05) is 5.73 Å². The minimum atomic E-state index is 0.766. The summed E-state index contributed by atoms with van der Waals surface area (Å²) in [6.07, 6.45) is 5.48. The number of anilines is 1. The van der Waals surface area contributed by atoms with Gasteiger partial charge in [-0.25, -0.2) is 4.98 Å². The van der Waals surface area contributed by atoms with Gasteiger partial charge in [0, 0.05) is 29.1 Å². The van der Waals surface area contributed by atoms with E-state index in [9.17, 15) is 0 Å². The van der Waals surface area contributed by atoms with Gasteiger partial charge < -0.3 is 10.3 Å². The minimum Gasteiger partial charge on any atom is -0.398 e. The zero-order valence-electron chi connectivity index (χ0n) is 7.52. The summed E-state index contributed by atoms with van der Waals surface area (Å²) in [6, 6.07) is 5.96. The Morgan fingerprint density at radius 1 is 1.43 bits per heavy atom. The van der Waals surface area contributed by atoms with Gasteiger partial charge in [-0.1, -0.05) is 6.07 Å². The van der Waals surface area contributed by atoms with Gasteiger partial charge in [-0.2, -0.15) is 0 Å². The first-order valence-electron chi connectivity index (χ1n) is 4.25. The average Bonchev–Trinajstić information content (AvgIpc) is 2.64. The molecule has 0 spiro atoms. The Balaban J connectivity index is 2.22. The maximum atomic E-state index is 5.78. The number of nitrogens with two attached hydrogens (primary N) is 1. The second-order valence-corrected chi connectivity index (χ2v) is 3.95. The molecule has 0 radical (unpaired) electrons. The average molecular weight is 252 g/mol. The number of aromatic nitrogens is 2. The summed E-state index contributed by atoms with van der Waals surface area (Å²) in [5, 5.41) is 0. The molecule has 0 unspecified atom stereocenters. The van der Waals surface area contributed by atoms with E-state index in [1.54, 1.807) is 12.5 Å². The molecule has 0 amide bonds. The molecule has 2 rings (SSSR count). The van der Waals surface area contributed by atoms with E-state index < -0.39 is 0 Å². The maximum Gasteiger partial charge on any atom is 0.0949 e. The van der Waals surface area contributed by atoms with Crippen molar-refractivity contribution in [2.45, 2.75) is 6.54 Å². The first-order chi connectivity index (χ1) is 6.75. The maximum absolute atomic E-state index is 5.78. The van der Waals surface area contributed by atoms with E-state index in [-0.39, 0.29) is 0 Å². The van der Waals surface area contributed by atoms with E-state index in [1.807, 2.05) is 29.0 Å². The Morgan fingerprint density at radius 3 is 2.93 bits per heavy atom. The molecule has 2 aromatic rings. The zero-order chi connectivity index (χ0) is 9.97. The smallest absolute Gasteiger partial charge is 0.0949 e. The van der Waals surface area contributed by atoms with Crippen LogP contribution in [0.2, 0.25) is 0 Å². The topological polar surface area (TPSA) is 43.8 Å². The molecule has 1 heterocycles. The molecule has 4 heteroatoms. The molecule has 0 aliphatic rings. The summed E-state index contributed by atoms with van der Waals surface area (Å²) in [7, 11) is 0. The van der Waals surface area contributed by atoms with E-state index in [1.165, 1.54) is 5.56 Å². The third kappa shape index (κ3) is 1.96. The van der Waals surface area contributed by atoms with Crippen LogP contribution in [0, 0.1) is 0 Å². The number of benzene rings is 1. The Bertz CT molecular complexity index is 423. The van der Waals surface area contributed by atoms with Crippen LogP contribution in [0.3, 0.4) is 0 Å². The van der Waals surface area contributed by atoms with Crippen molar-refractivity contribution >= 4 is 21.6 Å². The molecular formula is C10H10BrN3. The van der Waals surface area contributed by atoms with Crippen LogP contribution in [-0.4, -0.2) is 9.55 Å². The van der Waals surface area contributed by atoms with E-state index in [0.717, 1.165) is 16.7 Å². The lowest BCUT2D eigenvalue weighted by atomic mass is 10.2. The Kier molecular flexibility index (Phi) is 2.54. The molecule has 0 aliphatic heterocycles. The summed E-state index contributed by atoms with van der Waals surface area (Å²) in [6.45, 7) is 0.803. The van der Waals surface area contributed by atoms with Crippen molar-refractivity contribution in [2.24, 2.45) is 0 Å². The molecular weight excluding hydrogens is 242 g/mol. The number of nitrogen functional groups attached to an aromatic ring is 1. The van der Waals surface area contributed by atoms with Crippen LogP contribution in [0.25, 0.3) is 0 Å². The number of nitrogens with zero attached hydrogens (tertiary/aromatic N) is 2. The molecule has 72 valence electrons. The van der Waals surface area contributed by atoms with Crippen LogP contribution < -0.4 is 5.73 Å². The third-order valence-electron chi connectivity index (χ3n) is 1.98. The van der Waals surface area contributed by atoms with Gasteiger partial charge in [-0.15, -0.1) is 0 Å². The molecule has 0 saturated carbocycles. The van der Waals surface area contributed by atoms with Crippen LogP contribution in [0.15, 0.2) is 41.4 Å². The quantitative estimate of drug-likeness (QED) is 0.833. The fourth-order valence-electron chi connectivity index (χ4n) is 1.28. The standard InChI is InChI=1S/C10H10BrN3/c11-9-2-1-8(5-10(9)12)6-14-4-3-13-7-14/h1-5,7H,6,12H2. The van der Waals surface area contributed by atoms with E-state index in [0.29, 0.717) is 0 Å². The molecule has 3 nitrogen and oxygen atoms in total. The lowest BCUT2D eigenvalue weighted by Crippen LogP contribution is -1.97. The van der Waals surface area contributed by atoms with Crippen molar-refractivity contribution in [3.05, 3.63) is 47.0 Å². The Hall–Kier alpha value is -1.29. The van der Waals surface area contributed by atoms with Crippen LogP contribution in [0.1, 0.15) is 5.56 Å². The van der Waals surface area contributed by atoms with Crippen LogP contribution in [-0.2, 0) is 6.54 Å². The van der Waals surface area contributed by atoms with Gasteiger partial charge in [0.05, 0.1) is 6.33 Å². The highest BCUT2D eigenvalue weighted by Crippen LogP contribution is 2.20. The van der Waals surface area contributed by atoms with Crippen molar-refractivity contribution in [1.29, 1.82) is 0 Å². The first kappa shape index (κ1) is 9.27. The molecule has 0 atom stereocenters. The molecule has 0 fully saturated rings. The van der Waals surface area contributed by atoms with Gasteiger partial charge in [-0.3, -0.25) is 0 Å². The summed E-state index contributed by atoms with van der Waals surface area (Å²) in [5.41, 5.74) is 7.71. The summed E-state index contributed by atoms with van der Waals surface area (Å²) in [4.78, 5) is 3.98. The number of halogens is 1. The van der Waals surface area contributed by atoms with E-state index in [4.69, 9.17) is 5.73 Å². The van der Waals surface area contributed by atoms with Gasteiger partial charge in [0.2, 0.25) is 0 Å². The van der Waals surface area contributed by atoms with Gasteiger partial charge in [0.1, 0.15) is 0 Å². The van der Waals surface area contributed by atoms with Crippen molar-refractivity contribution in [1.82, 2.24) is 9.55 Å². The fourth-order valence-corrected chi connectivity index (χ4v) is 1.53. The predicted octanol–water partition coefficient (Wildman–Crippen LogP) is 2.28. The van der Waals surface area contributed by atoms with Crippen molar-refractivity contribution < 1.29 is 0 Å². The van der Waals surface area contributed by atoms with E-state index >= 15 is 0 Å². The summed E-state index contributed by atoms with van der Waals surface area (Å²) >= 11 is 3.36. The highest BCUT2D eigenvalue weighted by atomic mass is 79.9. The van der Waals surface area contributed by atoms with Gasteiger partial charge in [0.25, 0.3) is 0 Å². The number of imidazole rings is 1. The second kappa shape index (κ2) is 3.84. The summed E-state index contributed by atoms with van der Waals surface area (Å²) in [5.74, 6) is 0. The first-order valence-corrected chi connectivity index (χ1v) is 5.04. The minimum absolute atomic E-state index is 0.766. The molecule has 0 aliphatic carbocycles. The lowest BCUT2D eigenvalue weighted by molar-refractivity contribution is 0.797. The highest BCUT2D eigenvalue weighted by Gasteiger charge is 1.98. The Labute approximate surface area is 90.7 Å². The lowest BCUT2D eigenvalue weighted by Gasteiger charge is -2.04. The van der Waals surface area contributed by atoms with Gasteiger partial charge in [-0.05, 0) is 33.6 Å². The normalized spacial score (nSPS) is 10.4.